The van der Waals surface area contributed by atoms with Crippen molar-refractivity contribution in [2.45, 2.75) is 53.2 Å². The molecule has 0 aliphatic heterocycles. The Labute approximate surface area is 101 Å². The number of hydrogen-bond donors (Lipinski definition) is 2. The van der Waals surface area contributed by atoms with E-state index in [2.05, 4.69) is 39.9 Å². The molecule has 2 N–H and O–H groups in total. The summed E-state index contributed by atoms with van der Waals surface area (Å²) in [5.74, 6) is 0.516. The zero-order chi connectivity index (χ0) is 12.8. The van der Waals surface area contributed by atoms with Gasteiger partial charge < -0.3 is 15.2 Å². The summed E-state index contributed by atoms with van der Waals surface area (Å²) in [5.41, 5.74) is 0.176. The van der Waals surface area contributed by atoms with Gasteiger partial charge in [-0.15, -0.1) is 0 Å². The molecule has 2 unspecified atom stereocenters. The molecule has 0 aromatic rings. The van der Waals surface area contributed by atoms with Crippen LogP contribution in [0.25, 0.3) is 0 Å². The number of aliphatic hydroxyl groups excluding tert-OH is 1. The molecule has 0 rings (SSSR count). The minimum atomic E-state index is -0.280. The van der Waals surface area contributed by atoms with Gasteiger partial charge in [0.1, 0.15) is 0 Å². The van der Waals surface area contributed by atoms with E-state index < -0.39 is 0 Å². The first kappa shape index (κ1) is 15.9. The van der Waals surface area contributed by atoms with E-state index in [4.69, 9.17) is 4.74 Å². The van der Waals surface area contributed by atoms with Crippen LogP contribution in [-0.2, 0) is 4.74 Å². The van der Waals surface area contributed by atoms with Crippen LogP contribution in [-0.4, -0.2) is 37.5 Å². The first-order valence-electron chi connectivity index (χ1n) is 6.16. The van der Waals surface area contributed by atoms with Crippen LogP contribution in [0.1, 0.15) is 41.0 Å². The number of nitrogens with one attached hydrogen (secondary N) is 1. The van der Waals surface area contributed by atoms with Crippen molar-refractivity contribution in [1.82, 2.24) is 5.32 Å². The van der Waals surface area contributed by atoms with Gasteiger partial charge in [-0.05, 0) is 17.8 Å². The first-order valence-corrected chi connectivity index (χ1v) is 6.16. The molecule has 2 atom stereocenters. The van der Waals surface area contributed by atoms with Gasteiger partial charge in [0.15, 0.2) is 0 Å². The Morgan fingerprint density at radius 2 is 1.81 bits per heavy atom. The lowest BCUT2D eigenvalue weighted by molar-refractivity contribution is 0.0989. The molecule has 0 saturated heterocycles. The van der Waals surface area contributed by atoms with Crippen LogP contribution in [0.2, 0.25) is 0 Å². The molecule has 16 heavy (non-hydrogen) atoms. The molecule has 0 bridgehead atoms. The van der Waals surface area contributed by atoms with E-state index in [9.17, 15) is 5.11 Å². The van der Waals surface area contributed by atoms with E-state index in [1.807, 2.05) is 0 Å². The van der Waals surface area contributed by atoms with Crippen LogP contribution < -0.4 is 5.32 Å². The Hall–Kier alpha value is -0.120. The molecule has 0 aromatic carbocycles. The molecule has 0 amide bonds. The van der Waals surface area contributed by atoms with Crippen LogP contribution >= 0.6 is 0 Å². The fourth-order valence-electron chi connectivity index (χ4n) is 1.73. The normalized spacial score (nSPS) is 16.5. The van der Waals surface area contributed by atoms with Gasteiger partial charge in [-0.25, -0.2) is 0 Å². The summed E-state index contributed by atoms with van der Waals surface area (Å²) in [6.07, 6.45) is 0.538. The van der Waals surface area contributed by atoms with Crippen molar-refractivity contribution in [1.29, 1.82) is 0 Å². The second kappa shape index (κ2) is 7.25. The van der Waals surface area contributed by atoms with E-state index in [1.165, 1.54) is 0 Å². The molecule has 98 valence electrons. The third kappa shape index (κ3) is 8.08. The van der Waals surface area contributed by atoms with Gasteiger partial charge in [0.2, 0.25) is 0 Å². The van der Waals surface area contributed by atoms with Crippen molar-refractivity contribution in [2.75, 3.05) is 20.3 Å². The molecule has 0 aliphatic rings. The lowest BCUT2D eigenvalue weighted by Gasteiger charge is -2.26. The van der Waals surface area contributed by atoms with Gasteiger partial charge in [0.05, 0.1) is 12.7 Å². The fraction of sp³-hybridized carbons (Fsp3) is 1.00. The summed E-state index contributed by atoms with van der Waals surface area (Å²) in [7, 11) is 1.71. The average Bonchev–Trinajstić information content (AvgIpc) is 2.08. The second-order valence-electron chi connectivity index (χ2n) is 6.13. The minimum Gasteiger partial charge on any atom is -0.392 e. The highest BCUT2D eigenvalue weighted by atomic mass is 16.5. The zero-order valence-electron chi connectivity index (χ0n) is 11.7. The maximum absolute atomic E-state index is 9.88. The second-order valence-corrected chi connectivity index (χ2v) is 6.13. The maximum atomic E-state index is 9.88. The van der Waals surface area contributed by atoms with Crippen LogP contribution in [0.5, 0.6) is 0 Å². The van der Waals surface area contributed by atoms with Crippen molar-refractivity contribution < 1.29 is 9.84 Å². The molecule has 0 aliphatic carbocycles. The van der Waals surface area contributed by atoms with Crippen LogP contribution in [0.3, 0.4) is 0 Å². The topological polar surface area (TPSA) is 41.5 Å². The SMILES string of the molecule is COCC(NCC(O)CC(C)(C)C)C(C)C. The van der Waals surface area contributed by atoms with Gasteiger partial charge in [0, 0.05) is 19.7 Å². The quantitative estimate of drug-likeness (QED) is 0.704. The molecule has 0 saturated carbocycles. The molecule has 0 radical (unpaired) electrons. The largest absolute Gasteiger partial charge is 0.392 e. The van der Waals surface area contributed by atoms with Crippen molar-refractivity contribution in [3.05, 3.63) is 0 Å². The highest BCUT2D eigenvalue weighted by Crippen LogP contribution is 2.20. The van der Waals surface area contributed by atoms with Crippen molar-refractivity contribution in [2.24, 2.45) is 11.3 Å². The van der Waals surface area contributed by atoms with E-state index >= 15 is 0 Å². The van der Waals surface area contributed by atoms with E-state index in [0.717, 1.165) is 6.42 Å². The monoisotopic (exact) mass is 231 g/mol. The molecule has 0 fully saturated rings. The van der Waals surface area contributed by atoms with Crippen LogP contribution in [0.15, 0.2) is 0 Å². The molecular formula is C13H29NO2. The van der Waals surface area contributed by atoms with Crippen LogP contribution in [0.4, 0.5) is 0 Å². The smallest absolute Gasteiger partial charge is 0.0669 e. The van der Waals surface area contributed by atoms with Crippen molar-refractivity contribution in [3.63, 3.8) is 0 Å². The number of hydrogen-bond acceptors (Lipinski definition) is 3. The molecule has 3 nitrogen and oxygen atoms in total. The van der Waals surface area contributed by atoms with Gasteiger partial charge in [-0.3, -0.25) is 0 Å². The van der Waals surface area contributed by atoms with Crippen LogP contribution in [0, 0.1) is 11.3 Å². The Morgan fingerprint density at radius 1 is 1.25 bits per heavy atom. The summed E-state index contributed by atoms with van der Waals surface area (Å²) < 4.78 is 5.15. The number of methoxy groups -OCH3 is 1. The Kier molecular flexibility index (Phi) is 7.20. The predicted octanol–water partition coefficient (Wildman–Crippen LogP) is 2.04. The minimum absolute atomic E-state index is 0.176. The first-order chi connectivity index (χ1) is 7.26. The highest BCUT2D eigenvalue weighted by molar-refractivity contribution is 4.75. The summed E-state index contributed by atoms with van der Waals surface area (Å²) in [6, 6.07) is 0.319. The number of aliphatic hydroxyl groups is 1. The highest BCUT2D eigenvalue weighted by Gasteiger charge is 2.19. The molecule has 0 heterocycles. The molecule has 0 aromatic heterocycles. The Morgan fingerprint density at radius 3 is 2.19 bits per heavy atom. The van der Waals surface area contributed by atoms with E-state index in [-0.39, 0.29) is 11.5 Å². The van der Waals surface area contributed by atoms with Gasteiger partial charge in [-0.1, -0.05) is 34.6 Å². The summed E-state index contributed by atoms with van der Waals surface area (Å²) in [6.45, 7) is 12.1. The van der Waals surface area contributed by atoms with E-state index in [1.54, 1.807) is 7.11 Å². The molecule has 0 spiro atoms. The Bertz CT molecular complexity index is 175. The van der Waals surface area contributed by atoms with Crippen molar-refractivity contribution >= 4 is 0 Å². The summed E-state index contributed by atoms with van der Waals surface area (Å²) in [5, 5.41) is 13.2. The third-order valence-corrected chi connectivity index (χ3v) is 2.61. The maximum Gasteiger partial charge on any atom is 0.0669 e. The zero-order valence-corrected chi connectivity index (χ0v) is 11.7. The molecular weight excluding hydrogens is 202 g/mol. The summed E-state index contributed by atoms with van der Waals surface area (Å²) >= 11 is 0. The lowest BCUT2D eigenvalue weighted by Crippen LogP contribution is -2.42. The van der Waals surface area contributed by atoms with E-state index in [0.29, 0.717) is 25.1 Å². The number of ether oxygens (including phenoxy) is 1. The van der Waals surface area contributed by atoms with Gasteiger partial charge in [-0.2, -0.15) is 0 Å². The Balaban J connectivity index is 3.91. The fourth-order valence-corrected chi connectivity index (χ4v) is 1.73. The van der Waals surface area contributed by atoms with Crippen molar-refractivity contribution in [3.8, 4) is 0 Å². The van der Waals surface area contributed by atoms with Gasteiger partial charge in [0.25, 0.3) is 0 Å². The predicted molar refractivity (Wildman–Crippen MR) is 68.6 cm³/mol. The summed E-state index contributed by atoms with van der Waals surface area (Å²) in [4.78, 5) is 0. The average molecular weight is 231 g/mol. The third-order valence-electron chi connectivity index (χ3n) is 2.61. The lowest BCUT2D eigenvalue weighted by atomic mass is 9.89. The van der Waals surface area contributed by atoms with Gasteiger partial charge >= 0.3 is 0 Å². The standard InChI is InChI=1S/C13H29NO2/c1-10(2)12(9-16-6)14-8-11(15)7-13(3,4)5/h10-12,14-15H,7-9H2,1-6H3. The number of rotatable bonds is 7. The molecule has 3 heteroatoms.